The summed E-state index contributed by atoms with van der Waals surface area (Å²) in [6.07, 6.45) is 4.11. The van der Waals surface area contributed by atoms with Gasteiger partial charge in [0.25, 0.3) is 0 Å². The maximum absolute atomic E-state index is 12.3. The van der Waals surface area contributed by atoms with Crippen LogP contribution in [0.15, 0.2) is 0 Å². The Morgan fingerprint density at radius 1 is 1.32 bits per heavy atom. The Hall–Kier alpha value is -1.30. The Labute approximate surface area is 113 Å². The highest BCUT2D eigenvalue weighted by atomic mass is 16.4. The van der Waals surface area contributed by atoms with E-state index >= 15 is 0 Å². The van der Waals surface area contributed by atoms with Crippen LogP contribution in [0.4, 0.5) is 4.79 Å². The monoisotopic (exact) mass is 270 g/mol. The Morgan fingerprint density at radius 3 is 2.53 bits per heavy atom. The standard InChI is InChI=1S/C13H22N2O4/c1-14(7-9-4-2-3-5-9)13(19)15-8-10(16)6-11(15)12(17)18/h9-11,16H,2-8H2,1H3,(H,17,18)/t10?,11-/m1/s1. The highest BCUT2D eigenvalue weighted by Crippen LogP contribution is 2.26. The van der Waals surface area contributed by atoms with E-state index in [2.05, 4.69) is 0 Å². The number of carbonyl (C=O) groups is 2. The number of hydrogen-bond donors (Lipinski definition) is 2. The number of urea groups is 1. The SMILES string of the molecule is CN(CC1CCCC1)C(=O)N1CC(O)C[C@@H]1C(=O)O. The van der Waals surface area contributed by atoms with Crippen LogP contribution < -0.4 is 0 Å². The van der Waals surface area contributed by atoms with Gasteiger partial charge in [-0.2, -0.15) is 0 Å². The molecule has 2 atom stereocenters. The Balaban J connectivity index is 1.95. The highest BCUT2D eigenvalue weighted by molar-refractivity contribution is 5.83. The lowest BCUT2D eigenvalue weighted by Gasteiger charge is -2.29. The van der Waals surface area contributed by atoms with E-state index in [9.17, 15) is 14.7 Å². The van der Waals surface area contributed by atoms with Gasteiger partial charge in [-0.3, -0.25) is 0 Å². The number of aliphatic carboxylic acids is 1. The van der Waals surface area contributed by atoms with Crippen molar-refractivity contribution in [2.45, 2.75) is 44.2 Å². The molecule has 6 nitrogen and oxygen atoms in total. The third kappa shape index (κ3) is 3.18. The minimum absolute atomic E-state index is 0.116. The van der Waals surface area contributed by atoms with E-state index in [0.29, 0.717) is 12.5 Å². The van der Waals surface area contributed by atoms with Crippen molar-refractivity contribution in [3.05, 3.63) is 0 Å². The minimum Gasteiger partial charge on any atom is -0.480 e. The van der Waals surface area contributed by atoms with Gasteiger partial charge < -0.3 is 20.0 Å². The molecule has 19 heavy (non-hydrogen) atoms. The van der Waals surface area contributed by atoms with E-state index in [1.165, 1.54) is 17.7 Å². The highest BCUT2D eigenvalue weighted by Gasteiger charge is 2.40. The second-order valence-electron chi connectivity index (χ2n) is 5.71. The predicted molar refractivity (Wildman–Crippen MR) is 68.7 cm³/mol. The summed E-state index contributed by atoms with van der Waals surface area (Å²) >= 11 is 0. The molecular formula is C13H22N2O4. The smallest absolute Gasteiger partial charge is 0.326 e. The molecule has 2 amide bonds. The fraction of sp³-hybridized carbons (Fsp3) is 0.846. The van der Waals surface area contributed by atoms with Gasteiger partial charge in [-0.05, 0) is 18.8 Å². The average molecular weight is 270 g/mol. The van der Waals surface area contributed by atoms with Crippen molar-refractivity contribution in [2.24, 2.45) is 5.92 Å². The number of hydrogen-bond acceptors (Lipinski definition) is 3. The second kappa shape index (κ2) is 5.77. The molecule has 0 aromatic carbocycles. The van der Waals surface area contributed by atoms with Gasteiger partial charge in [-0.25, -0.2) is 9.59 Å². The van der Waals surface area contributed by atoms with Crippen LogP contribution in [0.5, 0.6) is 0 Å². The maximum atomic E-state index is 12.3. The number of nitrogens with zero attached hydrogens (tertiary/aromatic N) is 2. The van der Waals surface area contributed by atoms with Gasteiger partial charge in [0, 0.05) is 26.6 Å². The summed E-state index contributed by atoms with van der Waals surface area (Å²) in [5.41, 5.74) is 0. The maximum Gasteiger partial charge on any atom is 0.326 e. The van der Waals surface area contributed by atoms with Crippen molar-refractivity contribution < 1.29 is 19.8 Å². The molecule has 0 spiro atoms. The minimum atomic E-state index is -1.04. The molecule has 6 heteroatoms. The number of amides is 2. The predicted octanol–water partition coefficient (Wildman–Crippen LogP) is 0.748. The zero-order valence-electron chi connectivity index (χ0n) is 11.3. The second-order valence-corrected chi connectivity index (χ2v) is 5.71. The van der Waals surface area contributed by atoms with E-state index in [-0.39, 0.29) is 19.0 Å². The zero-order valence-corrected chi connectivity index (χ0v) is 11.3. The van der Waals surface area contributed by atoms with Crippen molar-refractivity contribution in [3.63, 3.8) is 0 Å². The van der Waals surface area contributed by atoms with Crippen LogP contribution in [0, 0.1) is 5.92 Å². The van der Waals surface area contributed by atoms with Crippen molar-refractivity contribution >= 4 is 12.0 Å². The Morgan fingerprint density at radius 2 is 1.95 bits per heavy atom. The molecule has 2 fully saturated rings. The van der Waals surface area contributed by atoms with Crippen LogP contribution in [0.1, 0.15) is 32.1 Å². The Bertz CT molecular complexity index is 355. The molecule has 1 saturated heterocycles. The van der Waals surface area contributed by atoms with Crippen LogP contribution >= 0.6 is 0 Å². The first-order chi connectivity index (χ1) is 8.99. The van der Waals surface area contributed by atoms with Crippen LogP contribution in [-0.2, 0) is 4.79 Å². The molecule has 2 aliphatic rings. The van der Waals surface area contributed by atoms with Gasteiger partial charge in [-0.1, -0.05) is 12.8 Å². The average Bonchev–Trinajstić information content (AvgIpc) is 2.97. The van der Waals surface area contributed by atoms with E-state index in [1.807, 2.05) is 0 Å². The summed E-state index contributed by atoms with van der Waals surface area (Å²) in [5.74, 6) is -0.510. The van der Waals surface area contributed by atoms with Gasteiger partial charge in [0.1, 0.15) is 6.04 Å². The first kappa shape index (κ1) is 14.1. The lowest BCUT2D eigenvalue weighted by molar-refractivity contribution is -0.141. The molecular weight excluding hydrogens is 248 g/mol. The summed E-state index contributed by atoms with van der Waals surface area (Å²) in [6, 6.07) is -1.18. The fourth-order valence-corrected chi connectivity index (χ4v) is 3.14. The number of aliphatic hydroxyl groups is 1. The first-order valence-electron chi connectivity index (χ1n) is 6.91. The normalized spacial score (nSPS) is 27.8. The van der Waals surface area contributed by atoms with Crippen molar-refractivity contribution in [1.29, 1.82) is 0 Å². The van der Waals surface area contributed by atoms with Gasteiger partial charge in [0.15, 0.2) is 0 Å². The zero-order chi connectivity index (χ0) is 14.0. The van der Waals surface area contributed by atoms with Gasteiger partial charge in [0.2, 0.25) is 0 Å². The van der Waals surface area contributed by atoms with Crippen LogP contribution in [-0.4, -0.2) is 64.3 Å². The summed E-state index contributed by atoms with van der Waals surface area (Å²) in [5, 5.41) is 18.7. The van der Waals surface area contributed by atoms with Crippen LogP contribution in [0.2, 0.25) is 0 Å². The summed E-state index contributed by atoms with van der Waals surface area (Å²) in [7, 11) is 1.71. The molecule has 2 rings (SSSR count). The number of carboxylic acids is 1. The van der Waals surface area contributed by atoms with Crippen molar-refractivity contribution in [2.75, 3.05) is 20.1 Å². The topological polar surface area (TPSA) is 81.1 Å². The number of β-amino-alcohol motifs (C(OH)–C–C–N with tert-alkyl or cyclic N) is 1. The van der Waals surface area contributed by atoms with Gasteiger partial charge in [0.05, 0.1) is 6.10 Å². The van der Waals surface area contributed by atoms with Crippen LogP contribution in [0.25, 0.3) is 0 Å². The van der Waals surface area contributed by atoms with Crippen molar-refractivity contribution in [3.8, 4) is 0 Å². The molecule has 2 N–H and O–H groups in total. The summed E-state index contributed by atoms with van der Waals surface area (Å²) in [4.78, 5) is 26.3. The van der Waals surface area contributed by atoms with Gasteiger partial charge in [-0.15, -0.1) is 0 Å². The number of carboxylic acid groups (broad SMARTS) is 1. The molecule has 1 aliphatic heterocycles. The quantitative estimate of drug-likeness (QED) is 0.793. The molecule has 1 unspecified atom stereocenters. The van der Waals surface area contributed by atoms with E-state index in [4.69, 9.17) is 5.11 Å². The van der Waals surface area contributed by atoms with E-state index in [0.717, 1.165) is 12.8 Å². The largest absolute Gasteiger partial charge is 0.480 e. The Kier molecular flexibility index (Phi) is 4.29. The van der Waals surface area contributed by atoms with E-state index < -0.39 is 18.1 Å². The molecule has 0 aromatic rings. The number of carbonyl (C=O) groups excluding carboxylic acids is 1. The fourth-order valence-electron chi connectivity index (χ4n) is 3.14. The summed E-state index contributed by atoms with van der Waals surface area (Å²) in [6.45, 7) is 0.794. The number of rotatable bonds is 3. The lowest BCUT2D eigenvalue weighted by Crippen LogP contribution is -2.47. The van der Waals surface area contributed by atoms with E-state index in [1.54, 1.807) is 11.9 Å². The third-order valence-electron chi connectivity index (χ3n) is 4.14. The van der Waals surface area contributed by atoms with Gasteiger partial charge >= 0.3 is 12.0 Å². The molecule has 108 valence electrons. The molecule has 1 saturated carbocycles. The number of aliphatic hydroxyl groups excluding tert-OH is 1. The lowest BCUT2D eigenvalue weighted by atomic mass is 10.1. The third-order valence-corrected chi connectivity index (χ3v) is 4.14. The van der Waals surface area contributed by atoms with Crippen molar-refractivity contribution in [1.82, 2.24) is 9.80 Å². The molecule has 1 aliphatic carbocycles. The molecule has 0 radical (unpaired) electrons. The summed E-state index contributed by atoms with van der Waals surface area (Å²) < 4.78 is 0. The molecule has 0 bridgehead atoms. The molecule has 1 heterocycles. The number of likely N-dealkylation sites (tertiary alicyclic amines) is 1. The molecule has 0 aromatic heterocycles. The first-order valence-corrected chi connectivity index (χ1v) is 6.91. The van der Waals surface area contributed by atoms with Crippen LogP contribution in [0.3, 0.4) is 0 Å².